The first-order chi connectivity index (χ1) is 10.9. The number of nitrogens with zero attached hydrogens (tertiary/aromatic N) is 2. The molecule has 1 amide bonds. The minimum Gasteiger partial charge on any atom is -0.368 e. The van der Waals surface area contributed by atoms with E-state index in [0.717, 1.165) is 33.4 Å². The predicted molar refractivity (Wildman–Crippen MR) is 86.6 cm³/mol. The summed E-state index contributed by atoms with van der Waals surface area (Å²) in [4.78, 5) is 17.6. The van der Waals surface area contributed by atoms with Crippen molar-refractivity contribution < 1.29 is 9.90 Å². The summed E-state index contributed by atoms with van der Waals surface area (Å²) in [5.41, 5.74) is 12.1. The van der Waals surface area contributed by atoms with Gasteiger partial charge in [0.15, 0.2) is 6.23 Å². The summed E-state index contributed by atoms with van der Waals surface area (Å²) < 4.78 is 0. The number of hydrogen-bond donors (Lipinski definition) is 4. The van der Waals surface area contributed by atoms with Crippen molar-refractivity contribution in [1.82, 2.24) is 15.3 Å². The largest absolute Gasteiger partial charge is 0.368 e. The highest BCUT2D eigenvalue weighted by Gasteiger charge is 2.35. The summed E-state index contributed by atoms with van der Waals surface area (Å²) in [5, 5.41) is 15.6. The Balaban J connectivity index is 1.89. The number of benzene rings is 1. The Bertz CT molecular complexity index is 846. The van der Waals surface area contributed by atoms with Gasteiger partial charge >= 0.3 is 0 Å². The lowest BCUT2D eigenvalue weighted by atomic mass is 9.96. The second kappa shape index (κ2) is 4.56. The number of nitrogens with two attached hydrogens (primary N) is 1. The first-order valence-corrected chi connectivity index (χ1v) is 7.58. The fraction of sp³-hybridized carbons (Fsp3) is 0.375. The topological polar surface area (TPSA) is 107 Å². The molecular weight excluding hydrogens is 294 g/mol. The Hall–Kier alpha value is -2.38. The number of hydrogen-bond acceptors (Lipinski definition) is 5. The minimum absolute atomic E-state index is 0.130. The van der Waals surface area contributed by atoms with Crippen molar-refractivity contribution >= 4 is 22.5 Å². The first kappa shape index (κ1) is 14.2. The maximum atomic E-state index is 12.5. The molecule has 2 aliphatic rings. The molecule has 4 rings (SSSR count). The van der Waals surface area contributed by atoms with E-state index in [1.807, 2.05) is 18.2 Å². The normalized spacial score (nSPS) is 20.1. The van der Waals surface area contributed by atoms with Gasteiger partial charge in [-0.1, -0.05) is 12.1 Å². The average molecular weight is 313 g/mol. The van der Waals surface area contributed by atoms with Crippen molar-refractivity contribution in [2.24, 2.45) is 10.8 Å². The number of aliphatic hydroxyl groups excluding tert-OH is 1. The molecule has 7 heteroatoms. The highest BCUT2D eigenvalue weighted by molar-refractivity contribution is 6.16. The summed E-state index contributed by atoms with van der Waals surface area (Å²) in [7, 11) is 0. The number of aromatic amines is 1. The quantitative estimate of drug-likeness (QED) is 0.616. The Labute approximate surface area is 133 Å². The Morgan fingerprint density at radius 2 is 2.22 bits per heavy atom. The van der Waals surface area contributed by atoms with E-state index < -0.39 is 11.8 Å². The van der Waals surface area contributed by atoms with Gasteiger partial charge in [0.1, 0.15) is 0 Å². The standard InChI is InChI=1S/C16H19N5O2/c1-16(2,17)15(23)21-6-10-13-11(7-21)19-20-14(22)8-4-3-5-9(18-10)12(8)13/h3-5,14,18,20,22H,6-7,17H2,1-2H3. The number of amides is 1. The third-order valence-electron chi connectivity index (χ3n) is 4.37. The van der Waals surface area contributed by atoms with E-state index in [9.17, 15) is 9.90 Å². The van der Waals surface area contributed by atoms with Gasteiger partial charge in [0, 0.05) is 27.7 Å². The van der Waals surface area contributed by atoms with Crippen molar-refractivity contribution in [2.75, 3.05) is 6.54 Å². The van der Waals surface area contributed by atoms with Crippen LogP contribution in [0.4, 0.5) is 0 Å². The lowest BCUT2D eigenvalue weighted by Gasteiger charge is -2.32. The van der Waals surface area contributed by atoms with Gasteiger partial charge in [-0.05, 0) is 19.9 Å². The van der Waals surface area contributed by atoms with Gasteiger partial charge in [-0.25, -0.2) is 0 Å². The van der Waals surface area contributed by atoms with Gasteiger partial charge in [-0.2, -0.15) is 5.10 Å². The van der Waals surface area contributed by atoms with Crippen LogP contribution < -0.4 is 11.2 Å². The van der Waals surface area contributed by atoms with Crippen LogP contribution in [0.3, 0.4) is 0 Å². The maximum absolute atomic E-state index is 12.5. The van der Waals surface area contributed by atoms with Crippen LogP contribution in [0.15, 0.2) is 23.3 Å². The van der Waals surface area contributed by atoms with Crippen molar-refractivity contribution in [3.8, 4) is 0 Å². The fourth-order valence-electron chi connectivity index (χ4n) is 3.35. The molecule has 0 bridgehead atoms. The van der Waals surface area contributed by atoms with Gasteiger partial charge in [0.2, 0.25) is 5.91 Å². The first-order valence-electron chi connectivity index (χ1n) is 7.58. The van der Waals surface area contributed by atoms with Crippen LogP contribution in [0.25, 0.3) is 10.9 Å². The molecule has 0 radical (unpaired) electrons. The van der Waals surface area contributed by atoms with Gasteiger partial charge in [-0.3, -0.25) is 10.2 Å². The summed E-state index contributed by atoms with van der Waals surface area (Å²) >= 11 is 0. The number of H-pyrrole nitrogens is 1. The number of carbonyl (C=O) groups is 1. The van der Waals surface area contributed by atoms with Gasteiger partial charge in [0.05, 0.1) is 24.3 Å². The molecule has 120 valence electrons. The molecule has 1 unspecified atom stereocenters. The third-order valence-corrected chi connectivity index (χ3v) is 4.37. The van der Waals surface area contributed by atoms with Crippen LogP contribution in [0.5, 0.6) is 0 Å². The molecule has 0 fully saturated rings. The number of hydrazone groups is 1. The van der Waals surface area contributed by atoms with E-state index in [-0.39, 0.29) is 5.91 Å². The summed E-state index contributed by atoms with van der Waals surface area (Å²) in [6, 6.07) is 5.74. The molecule has 0 saturated carbocycles. The molecule has 5 N–H and O–H groups in total. The molecule has 23 heavy (non-hydrogen) atoms. The molecule has 7 nitrogen and oxygen atoms in total. The van der Waals surface area contributed by atoms with E-state index in [0.29, 0.717) is 13.1 Å². The van der Waals surface area contributed by atoms with E-state index in [1.54, 1.807) is 18.7 Å². The average Bonchev–Trinajstić information content (AvgIpc) is 2.81. The molecule has 0 spiro atoms. The molecule has 1 aromatic heterocycles. The zero-order valence-electron chi connectivity index (χ0n) is 13.1. The summed E-state index contributed by atoms with van der Waals surface area (Å²) in [5.74, 6) is -0.130. The van der Waals surface area contributed by atoms with E-state index in [2.05, 4.69) is 15.5 Å². The van der Waals surface area contributed by atoms with Crippen LogP contribution in [0, 0.1) is 0 Å². The molecule has 3 heterocycles. The van der Waals surface area contributed by atoms with Crippen molar-refractivity contribution in [3.05, 3.63) is 35.0 Å². The van der Waals surface area contributed by atoms with E-state index >= 15 is 0 Å². The molecule has 0 aliphatic carbocycles. The predicted octanol–water partition coefficient (Wildman–Crippen LogP) is 0.546. The van der Waals surface area contributed by atoms with Crippen LogP contribution in [0.1, 0.15) is 36.9 Å². The van der Waals surface area contributed by atoms with E-state index in [4.69, 9.17) is 5.73 Å². The Morgan fingerprint density at radius 3 is 2.96 bits per heavy atom. The SMILES string of the molecule is CC(C)(N)C(=O)N1CC2=NNC(O)c3cccc4[nH]c(c2c34)C1. The Kier molecular flexibility index (Phi) is 2.82. The number of carbonyl (C=O) groups excluding carboxylic acids is 1. The second-order valence-electron chi connectivity index (χ2n) is 6.72. The Morgan fingerprint density at radius 1 is 1.43 bits per heavy atom. The van der Waals surface area contributed by atoms with Gasteiger partial charge < -0.3 is 20.7 Å². The third kappa shape index (κ3) is 2.04. The number of nitrogens with one attached hydrogen (secondary N) is 2. The summed E-state index contributed by atoms with van der Waals surface area (Å²) in [6.07, 6.45) is -0.869. The lowest BCUT2D eigenvalue weighted by molar-refractivity contribution is -0.135. The molecular formula is C16H19N5O2. The number of rotatable bonds is 1. The molecule has 0 saturated heterocycles. The van der Waals surface area contributed by atoms with Crippen LogP contribution >= 0.6 is 0 Å². The maximum Gasteiger partial charge on any atom is 0.242 e. The molecule has 2 aromatic rings. The second-order valence-corrected chi connectivity index (χ2v) is 6.72. The van der Waals surface area contributed by atoms with E-state index in [1.165, 1.54) is 0 Å². The molecule has 1 aromatic carbocycles. The summed E-state index contributed by atoms with van der Waals surface area (Å²) in [6.45, 7) is 4.22. The molecule has 2 aliphatic heterocycles. The number of aromatic nitrogens is 1. The van der Waals surface area contributed by atoms with Crippen LogP contribution in [-0.4, -0.2) is 38.7 Å². The monoisotopic (exact) mass is 313 g/mol. The zero-order chi connectivity index (χ0) is 16.4. The van der Waals surface area contributed by atoms with Crippen LogP contribution in [-0.2, 0) is 11.3 Å². The molecule has 1 atom stereocenters. The smallest absolute Gasteiger partial charge is 0.242 e. The van der Waals surface area contributed by atoms with Crippen molar-refractivity contribution in [1.29, 1.82) is 0 Å². The van der Waals surface area contributed by atoms with Gasteiger partial charge in [0.25, 0.3) is 0 Å². The van der Waals surface area contributed by atoms with Gasteiger partial charge in [-0.15, -0.1) is 0 Å². The fourth-order valence-corrected chi connectivity index (χ4v) is 3.35. The number of aliphatic hydroxyl groups is 1. The van der Waals surface area contributed by atoms with Crippen molar-refractivity contribution in [3.63, 3.8) is 0 Å². The highest BCUT2D eigenvalue weighted by atomic mass is 16.3. The van der Waals surface area contributed by atoms with Crippen LogP contribution in [0.2, 0.25) is 0 Å². The zero-order valence-corrected chi connectivity index (χ0v) is 13.1. The minimum atomic E-state index is -0.938. The highest BCUT2D eigenvalue weighted by Crippen LogP contribution is 2.34. The van der Waals surface area contributed by atoms with Crippen molar-refractivity contribution in [2.45, 2.75) is 32.2 Å². The lowest BCUT2D eigenvalue weighted by Crippen LogP contribution is -2.53.